The largest absolute Gasteiger partial charge is 0.478 e. The molecule has 1 N–H and O–H groups in total. The highest BCUT2D eigenvalue weighted by Gasteiger charge is 2.25. The quantitative estimate of drug-likeness (QED) is 0.480. The number of carbonyl (C=O) groups excluding carboxylic acids is 1. The fourth-order valence-corrected chi connectivity index (χ4v) is 3.96. The molecular formula is C20H11F2NO4S. The van der Waals surface area contributed by atoms with Crippen LogP contribution >= 0.6 is 11.3 Å². The van der Waals surface area contributed by atoms with Crippen LogP contribution in [0.4, 0.5) is 8.78 Å². The molecule has 0 fully saturated rings. The second-order valence-electron chi connectivity index (χ2n) is 5.98. The van der Waals surface area contributed by atoms with Crippen LogP contribution in [0.1, 0.15) is 26.6 Å². The van der Waals surface area contributed by atoms with Crippen molar-refractivity contribution in [1.82, 2.24) is 4.98 Å². The van der Waals surface area contributed by atoms with Gasteiger partial charge >= 0.3 is 5.97 Å². The number of aromatic carboxylic acids is 1. The first-order chi connectivity index (χ1) is 13.4. The summed E-state index contributed by atoms with van der Waals surface area (Å²) in [5.41, 5.74) is 0.945. The summed E-state index contributed by atoms with van der Waals surface area (Å²) in [6.07, 6.45) is -0.270. The predicted molar refractivity (Wildman–Crippen MR) is 98.7 cm³/mol. The number of rotatable bonds is 5. The van der Waals surface area contributed by atoms with Crippen molar-refractivity contribution in [1.29, 1.82) is 0 Å². The van der Waals surface area contributed by atoms with Crippen molar-refractivity contribution < 1.29 is 27.9 Å². The van der Waals surface area contributed by atoms with E-state index in [-0.39, 0.29) is 33.9 Å². The van der Waals surface area contributed by atoms with Crippen LogP contribution in [0.25, 0.3) is 21.5 Å². The van der Waals surface area contributed by atoms with Crippen LogP contribution in [-0.4, -0.2) is 21.8 Å². The number of thiophene rings is 1. The van der Waals surface area contributed by atoms with Crippen molar-refractivity contribution in [3.8, 4) is 10.4 Å². The van der Waals surface area contributed by atoms with Crippen molar-refractivity contribution in [2.75, 3.05) is 0 Å². The molecule has 28 heavy (non-hydrogen) atoms. The Morgan fingerprint density at radius 1 is 1.14 bits per heavy atom. The number of Topliss-reactive ketones (excluding diaryl/α,β-unsaturated/α-hetero) is 1. The number of carboxylic acids is 1. The van der Waals surface area contributed by atoms with E-state index >= 15 is 0 Å². The Hall–Kier alpha value is -3.39. The van der Waals surface area contributed by atoms with E-state index in [1.807, 2.05) is 0 Å². The fourth-order valence-electron chi connectivity index (χ4n) is 2.87. The molecule has 0 unspecified atom stereocenters. The molecule has 0 amide bonds. The van der Waals surface area contributed by atoms with Crippen molar-refractivity contribution in [2.24, 2.45) is 0 Å². The van der Waals surface area contributed by atoms with Gasteiger partial charge in [-0.2, -0.15) is 0 Å². The number of para-hydroxylation sites is 2. The molecule has 4 rings (SSSR count). The van der Waals surface area contributed by atoms with Gasteiger partial charge in [0.1, 0.15) is 17.2 Å². The highest BCUT2D eigenvalue weighted by Crippen LogP contribution is 2.35. The number of benzene rings is 2. The van der Waals surface area contributed by atoms with E-state index in [9.17, 15) is 23.5 Å². The summed E-state index contributed by atoms with van der Waals surface area (Å²) in [5.74, 6) is -3.57. The zero-order valence-corrected chi connectivity index (χ0v) is 14.9. The number of oxazole rings is 1. The number of fused-ring (bicyclic) bond motifs is 1. The number of ketones is 1. The molecule has 0 aliphatic carbocycles. The van der Waals surface area contributed by atoms with Gasteiger partial charge < -0.3 is 9.52 Å². The number of hydrogen-bond donors (Lipinski definition) is 1. The van der Waals surface area contributed by atoms with Gasteiger partial charge in [0.25, 0.3) is 5.89 Å². The molecule has 2 aromatic heterocycles. The molecule has 140 valence electrons. The molecule has 4 aromatic rings. The van der Waals surface area contributed by atoms with Gasteiger partial charge in [0.15, 0.2) is 5.58 Å². The second kappa shape index (κ2) is 6.97. The third-order valence-electron chi connectivity index (χ3n) is 4.14. The number of aromatic nitrogens is 1. The first-order valence-electron chi connectivity index (χ1n) is 8.12. The lowest BCUT2D eigenvalue weighted by molar-refractivity contribution is 0.0697. The molecule has 0 saturated carbocycles. The van der Waals surface area contributed by atoms with Gasteiger partial charge in [-0.3, -0.25) is 4.79 Å². The van der Waals surface area contributed by atoms with Crippen LogP contribution in [0.5, 0.6) is 0 Å². The Morgan fingerprint density at radius 2 is 1.93 bits per heavy atom. The lowest BCUT2D eigenvalue weighted by atomic mass is 10.0. The average Bonchev–Trinajstić information content (AvgIpc) is 3.26. The third-order valence-corrected chi connectivity index (χ3v) is 5.20. The number of carboxylic acid groups (broad SMARTS) is 1. The van der Waals surface area contributed by atoms with E-state index in [0.717, 1.165) is 17.4 Å². The average molecular weight is 399 g/mol. The maximum Gasteiger partial charge on any atom is 0.337 e. The molecule has 0 radical (unpaired) electrons. The number of carbonyl (C=O) groups is 2. The SMILES string of the molecule is O=C(Cc1csc(-c2ccc(F)cc2F)c1C(=O)O)c1nc2ccccc2o1. The molecule has 8 heteroatoms. The van der Waals surface area contributed by atoms with Crippen LogP contribution in [0.2, 0.25) is 0 Å². The van der Waals surface area contributed by atoms with E-state index in [0.29, 0.717) is 17.2 Å². The Balaban J connectivity index is 1.71. The maximum absolute atomic E-state index is 14.1. The monoisotopic (exact) mass is 399 g/mol. The Morgan fingerprint density at radius 3 is 2.64 bits per heavy atom. The summed E-state index contributed by atoms with van der Waals surface area (Å²) in [4.78, 5) is 28.5. The molecule has 0 spiro atoms. The third kappa shape index (κ3) is 3.18. The van der Waals surface area contributed by atoms with Gasteiger partial charge in [0.05, 0.1) is 10.4 Å². The molecule has 0 aliphatic rings. The second-order valence-corrected chi connectivity index (χ2v) is 6.86. The van der Waals surface area contributed by atoms with Gasteiger partial charge in [0, 0.05) is 18.1 Å². The van der Waals surface area contributed by atoms with E-state index in [2.05, 4.69) is 4.98 Å². The molecular weight excluding hydrogens is 388 g/mol. The maximum atomic E-state index is 14.1. The van der Waals surface area contributed by atoms with Crippen LogP contribution < -0.4 is 0 Å². The number of halogens is 2. The zero-order chi connectivity index (χ0) is 19.8. The summed E-state index contributed by atoms with van der Waals surface area (Å²) >= 11 is 0.973. The summed E-state index contributed by atoms with van der Waals surface area (Å²) in [6, 6.07) is 9.77. The smallest absolute Gasteiger partial charge is 0.337 e. The topological polar surface area (TPSA) is 80.4 Å². The first-order valence-corrected chi connectivity index (χ1v) is 9.00. The standard InChI is InChI=1S/C20H11F2NO4S/c21-11-5-6-12(13(22)8-11)18-17(20(25)26)10(9-28-18)7-15(24)19-23-14-3-1-2-4-16(14)27-19/h1-6,8-9H,7H2,(H,25,26). The minimum atomic E-state index is -1.31. The molecule has 0 aliphatic heterocycles. The van der Waals surface area contributed by atoms with Crippen molar-refractivity contribution in [3.63, 3.8) is 0 Å². The predicted octanol–water partition coefficient (Wildman–Crippen LogP) is 4.96. The Labute approximate surface area is 160 Å². The molecule has 5 nitrogen and oxygen atoms in total. The first kappa shape index (κ1) is 18.0. The zero-order valence-electron chi connectivity index (χ0n) is 14.1. The van der Waals surface area contributed by atoms with E-state index in [4.69, 9.17) is 4.42 Å². The molecule has 0 saturated heterocycles. The highest BCUT2D eigenvalue weighted by atomic mass is 32.1. The van der Waals surface area contributed by atoms with Gasteiger partial charge in [-0.1, -0.05) is 12.1 Å². The fraction of sp³-hybridized carbons (Fsp3) is 0.0500. The van der Waals surface area contributed by atoms with Crippen molar-refractivity contribution in [3.05, 3.63) is 76.5 Å². The highest BCUT2D eigenvalue weighted by molar-refractivity contribution is 7.14. The molecule has 2 aromatic carbocycles. The lowest BCUT2D eigenvalue weighted by Gasteiger charge is -2.04. The van der Waals surface area contributed by atoms with Gasteiger partial charge in [-0.25, -0.2) is 18.6 Å². The van der Waals surface area contributed by atoms with Gasteiger partial charge in [0.2, 0.25) is 5.78 Å². The van der Waals surface area contributed by atoms with Gasteiger partial charge in [-0.05, 0) is 35.2 Å². The molecule has 0 bridgehead atoms. The van der Waals surface area contributed by atoms with E-state index in [1.165, 1.54) is 11.4 Å². The van der Waals surface area contributed by atoms with Crippen LogP contribution in [0.3, 0.4) is 0 Å². The summed E-state index contributed by atoms with van der Waals surface area (Å²) in [7, 11) is 0. The summed E-state index contributed by atoms with van der Waals surface area (Å²) in [6.45, 7) is 0. The van der Waals surface area contributed by atoms with E-state index in [1.54, 1.807) is 24.3 Å². The van der Waals surface area contributed by atoms with Crippen LogP contribution in [-0.2, 0) is 6.42 Å². The lowest BCUT2D eigenvalue weighted by Crippen LogP contribution is -2.08. The van der Waals surface area contributed by atoms with Crippen molar-refractivity contribution >= 4 is 34.2 Å². The minimum absolute atomic E-state index is 0.0376. The summed E-state index contributed by atoms with van der Waals surface area (Å²) < 4.78 is 32.7. The number of hydrogen-bond acceptors (Lipinski definition) is 5. The number of nitrogens with zero attached hydrogens (tertiary/aromatic N) is 1. The minimum Gasteiger partial charge on any atom is -0.478 e. The molecule has 0 atom stereocenters. The van der Waals surface area contributed by atoms with Crippen LogP contribution in [0.15, 0.2) is 52.3 Å². The normalized spacial score (nSPS) is 11.1. The van der Waals surface area contributed by atoms with Crippen molar-refractivity contribution in [2.45, 2.75) is 6.42 Å². The Bertz CT molecular complexity index is 1200. The molecule has 2 heterocycles. The van der Waals surface area contributed by atoms with Gasteiger partial charge in [-0.15, -0.1) is 11.3 Å². The Kier molecular flexibility index (Phi) is 4.48. The van der Waals surface area contributed by atoms with E-state index < -0.39 is 23.4 Å². The van der Waals surface area contributed by atoms with Crippen LogP contribution in [0, 0.1) is 11.6 Å². The summed E-state index contributed by atoms with van der Waals surface area (Å²) in [5, 5.41) is 11.1.